The molecule has 25 heavy (non-hydrogen) atoms. The normalized spacial score (nSPS) is 29.2. The molecule has 1 unspecified atom stereocenters. The van der Waals surface area contributed by atoms with E-state index in [1.165, 1.54) is 6.92 Å². The van der Waals surface area contributed by atoms with Gasteiger partial charge in [0.25, 0.3) is 5.56 Å². The van der Waals surface area contributed by atoms with Crippen molar-refractivity contribution in [1.82, 2.24) is 14.5 Å². The molecule has 0 saturated carbocycles. The van der Waals surface area contributed by atoms with Gasteiger partial charge in [0.2, 0.25) is 5.91 Å². The van der Waals surface area contributed by atoms with Gasteiger partial charge in [-0.25, -0.2) is 9.97 Å². The number of nitrogen functional groups attached to an aromatic ring is 1. The predicted octanol–water partition coefficient (Wildman–Crippen LogP) is -2.53. The Morgan fingerprint density at radius 1 is 1.48 bits per heavy atom. The van der Waals surface area contributed by atoms with Crippen LogP contribution < -0.4 is 17.0 Å². The highest BCUT2D eigenvalue weighted by atomic mass is 16.6. The second-order valence-corrected chi connectivity index (χ2v) is 5.97. The van der Waals surface area contributed by atoms with E-state index in [4.69, 9.17) is 16.2 Å². The van der Waals surface area contributed by atoms with E-state index in [-0.39, 0.29) is 22.4 Å². The summed E-state index contributed by atoms with van der Waals surface area (Å²) in [7, 11) is 0. The van der Waals surface area contributed by atoms with Crippen LogP contribution in [-0.2, 0) is 4.74 Å². The zero-order valence-corrected chi connectivity index (χ0v) is 13.2. The number of primary amides is 1. The molecular formula is C14H17N5O6. The third-order valence-corrected chi connectivity index (χ3v) is 4.29. The molecule has 11 heteroatoms. The number of hydrogen-bond donors (Lipinski definition) is 5. The van der Waals surface area contributed by atoms with Crippen LogP contribution in [0.15, 0.2) is 17.2 Å². The van der Waals surface area contributed by atoms with Crippen molar-refractivity contribution in [1.29, 1.82) is 0 Å². The fraction of sp³-hybridized carbons (Fsp3) is 0.429. The zero-order valence-electron chi connectivity index (χ0n) is 13.2. The molecule has 3 heterocycles. The Morgan fingerprint density at radius 3 is 2.72 bits per heavy atom. The number of fused-ring (bicyclic) bond motifs is 1. The minimum atomic E-state index is -1.92. The largest absolute Gasteiger partial charge is 0.394 e. The molecule has 0 bridgehead atoms. The number of amides is 1. The fourth-order valence-corrected chi connectivity index (χ4v) is 2.99. The quantitative estimate of drug-likeness (QED) is 0.397. The second kappa shape index (κ2) is 5.74. The van der Waals surface area contributed by atoms with Crippen molar-refractivity contribution in [3.8, 4) is 0 Å². The molecule has 7 N–H and O–H groups in total. The van der Waals surface area contributed by atoms with Crippen LogP contribution in [0.25, 0.3) is 11.0 Å². The molecule has 3 rings (SSSR count). The van der Waals surface area contributed by atoms with Crippen molar-refractivity contribution in [2.24, 2.45) is 5.73 Å². The third kappa shape index (κ3) is 2.44. The van der Waals surface area contributed by atoms with Crippen molar-refractivity contribution < 1.29 is 24.9 Å². The lowest BCUT2D eigenvalue weighted by atomic mass is 9.96. The van der Waals surface area contributed by atoms with Crippen LogP contribution in [0.2, 0.25) is 0 Å². The average molecular weight is 351 g/mol. The summed E-state index contributed by atoms with van der Waals surface area (Å²) in [6, 6.07) is 0.933. The van der Waals surface area contributed by atoms with Gasteiger partial charge < -0.3 is 31.5 Å². The number of rotatable bonds is 3. The lowest BCUT2D eigenvalue weighted by Crippen LogP contribution is -2.46. The molecule has 4 atom stereocenters. The van der Waals surface area contributed by atoms with Crippen LogP contribution in [0.3, 0.4) is 0 Å². The van der Waals surface area contributed by atoms with Crippen LogP contribution in [-0.4, -0.2) is 60.2 Å². The lowest BCUT2D eigenvalue weighted by Gasteiger charge is -2.28. The number of aromatic nitrogens is 3. The Labute approximate surface area is 140 Å². The second-order valence-electron chi connectivity index (χ2n) is 5.97. The molecule has 1 saturated heterocycles. The van der Waals surface area contributed by atoms with Gasteiger partial charge in [0.1, 0.15) is 30.0 Å². The number of nitrogens with zero attached hydrogens (tertiary/aromatic N) is 3. The lowest BCUT2D eigenvalue weighted by molar-refractivity contribution is -0.0963. The molecule has 2 aromatic rings. The first kappa shape index (κ1) is 17.2. The standard InChI is InChI=1S/C14H17N5O6/c1-14(24)9(22)6(3-20)25-13(14)19-7(21)2-5(11(16)23)8-10(15)17-4-18-12(8)19/h2,4,6,9,13,20,22,24H,3H2,1H3,(H2,16,23)(H2,15,17,18)/t6-,9-,13?,14-/m1/s1. The van der Waals surface area contributed by atoms with E-state index in [0.29, 0.717) is 0 Å². The zero-order chi connectivity index (χ0) is 18.5. The summed E-state index contributed by atoms with van der Waals surface area (Å²) in [6.45, 7) is 0.680. The van der Waals surface area contributed by atoms with E-state index in [0.717, 1.165) is 17.0 Å². The van der Waals surface area contributed by atoms with Crippen LogP contribution in [0.4, 0.5) is 5.82 Å². The van der Waals surface area contributed by atoms with E-state index in [1.807, 2.05) is 0 Å². The van der Waals surface area contributed by atoms with E-state index in [1.54, 1.807) is 0 Å². The summed E-state index contributed by atoms with van der Waals surface area (Å²) in [4.78, 5) is 31.9. The van der Waals surface area contributed by atoms with Gasteiger partial charge in [0, 0.05) is 6.07 Å². The first-order valence-electron chi connectivity index (χ1n) is 7.32. The predicted molar refractivity (Wildman–Crippen MR) is 84.4 cm³/mol. The molecule has 1 aliphatic rings. The number of anilines is 1. The minimum absolute atomic E-state index is 0.0240. The number of carbonyl (C=O) groups excluding carboxylic acids is 1. The van der Waals surface area contributed by atoms with E-state index < -0.39 is 42.1 Å². The van der Waals surface area contributed by atoms with Gasteiger partial charge in [-0.3, -0.25) is 14.2 Å². The molecule has 1 fully saturated rings. The summed E-state index contributed by atoms with van der Waals surface area (Å²) < 4.78 is 6.39. The summed E-state index contributed by atoms with van der Waals surface area (Å²) >= 11 is 0. The first-order chi connectivity index (χ1) is 11.7. The van der Waals surface area contributed by atoms with Crippen LogP contribution in [0, 0.1) is 0 Å². The Bertz CT molecular complexity index is 910. The van der Waals surface area contributed by atoms with Crippen molar-refractivity contribution in [2.45, 2.75) is 31.0 Å². The van der Waals surface area contributed by atoms with Gasteiger partial charge in [-0.05, 0) is 6.92 Å². The maximum absolute atomic E-state index is 12.6. The number of ether oxygens (including phenoxy) is 1. The highest BCUT2D eigenvalue weighted by Gasteiger charge is 2.53. The van der Waals surface area contributed by atoms with Crippen LogP contribution in [0.1, 0.15) is 23.5 Å². The molecule has 0 radical (unpaired) electrons. The molecule has 11 nitrogen and oxygen atoms in total. The monoisotopic (exact) mass is 351 g/mol. The summed E-state index contributed by atoms with van der Waals surface area (Å²) in [5.74, 6) is -0.993. The Balaban J connectivity index is 2.34. The van der Waals surface area contributed by atoms with Gasteiger partial charge in [0.15, 0.2) is 11.9 Å². The smallest absolute Gasteiger partial charge is 0.255 e. The summed E-state index contributed by atoms with van der Waals surface area (Å²) in [6.07, 6.45) is -2.88. The maximum Gasteiger partial charge on any atom is 0.255 e. The maximum atomic E-state index is 12.6. The molecular weight excluding hydrogens is 334 g/mol. The molecule has 1 amide bonds. The number of hydrogen-bond acceptors (Lipinski definition) is 9. The van der Waals surface area contributed by atoms with Gasteiger partial charge in [-0.2, -0.15) is 0 Å². The van der Waals surface area contributed by atoms with E-state index in [2.05, 4.69) is 9.97 Å². The van der Waals surface area contributed by atoms with Crippen molar-refractivity contribution in [3.05, 3.63) is 28.3 Å². The van der Waals surface area contributed by atoms with Crippen LogP contribution in [0.5, 0.6) is 0 Å². The topological polar surface area (TPSA) is 187 Å². The molecule has 0 aliphatic carbocycles. The van der Waals surface area contributed by atoms with Gasteiger partial charge >= 0.3 is 0 Å². The number of carbonyl (C=O) groups is 1. The third-order valence-electron chi connectivity index (χ3n) is 4.29. The first-order valence-corrected chi connectivity index (χ1v) is 7.32. The Hall–Kier alpha value is -2.60. The van der Waals surface area contributed by atoms with Gasteiger partial charge in [-0.1, -0.05) is 0 Å². The molecule has 0 aromatic carbocycles. The number of nitrogens with two attached hydrogens (primary N) is 2. The number of aliphatic hydroxyl groups is 3. The molecule has 0 spiro atoms. The molecule has 1 aliphatic heterocycles. The van der Waals surface area contributed by atoms with Crippen molar-refractivity contribution in [2.75, 3.05) is 12.3 Å². The summed E-state index contributed by atoms with van der Waals surface area (Å²) in [5.41, 5.74) is 8.14. The molecule has 134 valence electrons. The van der Waals surface area contributed by atoms with Crippen molar-refractivity contribution >= 4 is 22.8 Å². The SMILES string of the molecule is C[C@]1(O)C(n2c(=O)cc(C(N)=O)c3c(N)ncnc32)O[C@H](CO)[C@H]1O. The fourth-order valence-electron chi connectivity index (χ4n) is 2.99. The highest BCUT2D eigenvalue weighted by Crippen LogP contribution is 2.38. The van der Waals surface area contributed by atoms with E-state index >= 15 is 0 Å². The van der Waals surface area contributed by atoms with Crippen molar-refractivity contribution in [3.63, 3.8) is 0 Å². The highest BCUT2D eigenvalue weighted by molar-refractivity contribution is 6.07. The minimum Gasteiger partial charge on any atom is -0.394 e. The summed E-state index contributed by atoms with van der Waals surface area (Å²) in [5, 5.41) is 30.0. The van der Waals surface area contributed by atoms with Gasteiger partial charge in [-0.15, -0.1) is 0 Å². The number of aliphatic hydroxyl groups excluding tert-OH is 2. The van der Waals surface area contributed by atoms with E-state index in [9.17, 15) is 24.9 Å². The Kier molecular flexibility index (Phi) is 3.95. The van der Waals surface area contributed by atoms with Gasteiger partial charge in [0.05, 0.1) is 17.6 Å². The average Bonchev–Trinajstić information content (AvgIpc) is 2.77. The Morgan fingerprint density at radius 2 is 2.16 bits per heavy atom. The number of pyridine rings is 1. The molecule has 2 aromatic heterocycles. The van der Waals surface area contributed by atoms with Crippen LogP contribution >= 0.6 is 0 Å².